The summed E-state index contributed by atoms with van der Waals surface area (Å²) in [6.07, 6.45) is 6.14. The van der Waals surface area contributed by atoms with Gasteiger partial charge in [0.2, 0.25) is 0 Å². The average molecular weight is 476 g/mol. The third kappa shape index (κ3) is 7.08. The molecule has 0 saturated carbocycles. The van der Waals surface area contributed by atoms with Crippen molar-refractivity contribution < 1.29 is 9.15 Å². The summed E-state index contributed by atoms with van der Waals surface area (Å²) in [7, 11) is 0. The van der Waals surface area contributed by atoms with Gasteiger partial charge >= 0.3 is 0 Å². The zero-order valence-corrected chi connectivity index (χ0v) is 18.1. The fourth-order valence-electron chi connectivity index (χ4n) is 3.60. The highest BCUT2D eigenvalue weighted by molar-refractivity contribution is 14.0. The molecule has 3 rings (SSSR count). The van der Waals surface area contributed by atoms with E-state index in [1.54, 1.807) is 6.26 Å². The van der Waals surface area contributed by atoms with Crippen molar-refractivity contribution in [3.05, 3.63) is 24.2 Å². The number of hydrogen-bond acceptors (Lipinski definition) is 4. The van der Waals surface area contributed by atoms with E-state index in [-0.39, 0.29) is 24.0 Å². The van der Waals surface area contributed by atoms with Crippen molar-refractivity contribution in [2.24, 2.45) is 10.9 Å². The molecule has 0 spiro atoms. The number of nitrogens with zero attached hydrogens (tertiary/aromatic N) is 2. The topological polar surface area (TPSA) is 62.0 Å². The summed E-state index contributed by atoms with van der Waals surface area (Å²) in [6.45, 7) is 9.16. The first-order chi connectivity index (χ1) is 12.3. The van der Waals surface area contributed by atoms with Crippen molar-refractivity contribution in [2.75, 3.05) is 45.9 Å². The minimum Gasteiger partial charge on any atom is -0.469 e. The van der Waals surface area contributed by atoms with Gasteiger partial charge in [-0.2, -0.15) is 0 Å². The normalized spacial score (nSPS) is 22.2. The summed E-state index contributed by atoms with van der Waals surface area (Å²) in [6, 6.07) is 4.44. The first-order valence-corrected chi connectivity index (χ1v) is 9.71. The SMILES string of the molecule is CCNC(=NCCc1ccco1)NC1CCN(CC2CCOC2)CC1.I. The second-order valence-corrected chi connectivity index (χ2v) is 7.04. The molecule has 3 heterocycles. The van der Waals surface area contributed by atoms with Gasteiger partial charge in [-0.15, -0.1) is 24.0 Å². The number of ether oxygens (including phenoxy) is 1. The van der Waals surface area contributed by atoms with Crippen molar-refractivity contribution in [1.82, 2.24) is 15.5 Å². The maximum atomic E-state index is 5.49. The molecule has 6 nitrogen and oxygen atoms in total. The zero-order valence-electron chi connectivity index (χ0n) is 15.8. The molecule has 26 heavy (non-hydrogen) atoms. The minimum atomic E-state index is 0. The molecule has 0 amide bonds. The van der Waals surface area contributed by atoms with Gasteiger partial charge in [0.1, 0.15) is 5.76 Å². The van der Waals surface area contributed by atoms with Gasteiger partial charge < -0.3 is 24.7 Å². The summed E-state index contributed by atoms with van der Waals surface area (Å²) >= 11 is 0. The molecule has 1 atom stereocenters. The number of furan rings is 1. The molecule has 0 aliphatic carbocycles. The Morgan fingerprint density at radius 2 is 2.15 bits per heavy atom. The lowest BCUT2D eigenvalue weighted by molar-refractivity contribution is 0.150. The monoisotopic (exact) mass is 476 g/mol. The van der Waals surface area contributed by atoms with Crippen LogP contribution >= 0.6 is 24.0 Å². The van der Waals surface area contributed by atoms with Gasteiger partial charge in [0.05, 0.1) is 12.9 Å². The Hall–Kier alpha value is -0.800. The Bertz CT molecular complexity index is 510. The van der Waals surface area contributed by atoms with E-state index >= 15 is 0 Å². The van der Waals surface area contributed by atoms with Gasteiger partial charge in [0.15, 0.2) is 5.96 Å². The number of piperidine rings is 1. The summed E-state index contributed by atoms with van der Waals surface area (Å²) in [4.78, 5) is 7.28. The molecule has 2 N–H and O–H groups in total. The van der Waals surface area contributed by atoms with Crippen molar-refractivity contribution in [3.8, 4) is 0 Å². The van der Waals surface area contributed by atoms with Gasteiger partial charge in [0, 0.05) is 51.8 Å². The lowest BCUT2D eigenvalue weighted by Gasteiger charge is -2.34. The second kappa shape index (κ2) is 11.8. The molecule has 2 aliphatic heterocycles. The van der Waals surface area contributed by atoms with E-state index in [0.717, 1.165) is 50.4 Å². The van der Waals surface area contributed by atoms with Crippen LogP contribution in [-0.4, -0.2) is 62.8 Å². The maximum absolute atomic E-state index is 5.49. The summed E-state index contributed by atoms with van der Waals surface area (Å²) < 4.78 is 10.9. The molecular weight excluding hydrogens is 443 g/mol. The van der Waals surface area contributed by atoms with Crippen LogP contribution in [0.5, 0.6) is 0 Å². The lowest BCUT2D eigenvalue weighted by atomic mass is 10.0. The van der Waals surface area contributed by atoms with Crippen LogP contribution in [0.3, 0.4) is 0 Å². The zero-order chi connectivity index (χ0) is 17.3. The van der Waals surface area contributed by atoms with E-state index in [0.29, 0.717) is 6.04 Å². The number of aliphatic imine (C=N–C) groups is 1. The van der Waals surface area contributed by atoms with Crippen LogP contribution in [0.15, 0.2) is 27.8 Å². The standard InChI is InChI=1S/C19H32N4O2.HI/c1-2-20-19(21-9-5-18-4-3-12-25-18)22-17-6-10-23(11-7-17)14-16-8-13-24-15-16;/h3-4,12,16-17H,2,5-11,13-15H2,1H3,(H2,20,21,22);1H. The number of nitrogens with one attached hydrogen (secondary N) is 2. The van der Waals surface area contributed by atoms with Gasteiger partial charge in [-0.25, -0.2) is 0 Å². The van der Waals surface area contributed by atoms with E-state index in [9.17, 15) is 0 Å². The molecule has 2 saturated heterocycles. The summed E-state index contributed by atoms with van der Waals surface area (Å²) in [5, 5.41) is 6.97. The molecule has 0 aromatic carbocycles. The third-order valence-corrected chi connectivity index (χ3v) is 5.02. The largest absolute Gasteiger partial charge is 0.469 e. The quantitative estimate of drug-likeness (QED) is 0.360. The second-order valence-electron chi connectivity index (χ2n) is 7.04. The molecule has 0 bridgehead atoms. The predicted octanol–water partition coefficient (Wildman–Crippen LogP) is 2.50. The number of halogens is 1. The van der Waals surface area contributed by atoms with Crippen LogP contribution in [0.2, 0.25) is 0 Å². The van der Waals surface area contributed by atoms with Crippen molar-refractivity contribution >= 4 is 29.9 Å². The molecule has 2 aliphatic rings. The summed E-state index contributed by atoms with van der Waals surface area (Å²) in [5.74, 6) is 2.66. The highest BCUT2D eigenvalue weighted by Crippen LogP contribution is 2.17. The molecule has 2 fully saturated rings. The molecule has 148 valence electrons. The third-order valence-electron chi connectivity index (χ3n) is 5.02. The Morgan fingerprint density at radius 1 is 1.31 bits per heavy atom. The fourth-order valence-corrected chi connectivity index (χ4v) is 3.60. The van der Waals surface area contributed by atoms with Gasteiger partial charge in [-0.3, -0.25) is 4.99 Å². The van der Waals surface area contributed by atoms with Crippen LogP contribution in [-0.2, 0) is 11.2 Å². The van der Waals surface area contributed by atoms with E-state index in [1.807, 2.05) is 12.1 Å². The Morgan fingerprint density at radius 3 is 2.81 bits per heavy atom. The Labute approximate surface area is 174 Å². The molecule has 0 radical (unpaired) electrons. The van der Waals surface area contributed by atoms with Crippen LogP contribution < -0.4 is 10.6 Å². The molecule has 7 heteroatoms. The summed E-state index contributed by atoms with van der Waals surface area (Å²) in [5.41, 5.74) is 0. The number of rotatable bonds is 7. The molecular formula is C19H33IN4O2. The molecule has 1 aromatic heterocycles. The number of likely N-dealkylation sites (tertiary alicyclic amines) is 1. The van der Waals surface area contributed by atoms with Crippen molar-refractivity contribution in [2.45, 2.75) is 38.6 Å². The highest BCUT2D eigenvalue weighted by Gasteiger charge is 2.24. The van der Waals surface area contributed by atoms with Crippen LogP contribution in [0.1, 0.15) is 31.9 Å². The predicted molar refractivity (Wildman–Crippen MR) is 115 cm³/mol. The van der Waals surface area contributed by atoms with Crippen LogP contribution in [0, 0.1) is 5.92 Å². The molecule has 1 unspecified atom stereocenters. The van der Waals surface area contributed by atoms with Crippen molar-refractivity contribution in [3.63, 3.8) is 0 Å². The first-order valence-electron chi connectivity index (χ1n) is 9.71. The Balaban J connectivity index is 0.00000243. The lowest BCUT2D eigenvalue weighted by Crippen LogP contribution is -2.49. The molecule has 1 aromatic rings. The number of guanidine groups is 1. The van der Waals surface area contributed by atoms with E-state index in [4.69, 9.17) is 9.15 Å². The van der Waals surface area contributed by atoms with Gasteiger partial charge in [-0.05, 0) is 44.2 Å². The van der Waals surface area contributed by atoms with Gasteiger partial charge in [-0.1, -0.05) is 0 Å². The van der Waals surface area contributed by atoms with E-state index in [2.05, 4.69) is 27.4 Å². The van der Waals surface area contributed by atoms with Crippen LogP contribution in [0.4, 0.5) is 0 Å². The first kappa shape index (κ1) is 21.5. The van der Waals surface area contributed by atoms with E-state index < -0.39 is 0 Å². The van der Waals surface area contributed by atoms with Crippen molar-refractivity contribution in [1.29, 1.82) is 0 Å². The average Bonchev–Trinajstić information content (AvgIpc) is 3.31. The van der Waals surface area contributed by atoms with Gasteiger partial charge in [0.25, 0.3) is 0 Å². The number of hydrogen-bond donors (Lipinski definition) is 2. The van der Waals surface area contributed by atoms with Crippen LogP contribution in [0.25, 0.3) is 0 Å². The highest BCUT2D eigenvalue weighted by atomic mass is 127. The minimum absolute atomic E-state index is 0. The van der Waals surface area contributed by atoms with E-state index in [1.165, 1.54) is 38.9 Å². The fraction of sp³-hybridized carbons (Fsp3) is 0.737. The smallest absolute Gasteiger partial charge is 0.191 e. The maximum Gasteiger partial charge on any atom is 0.191 e. The Kier molecular flexibility index (Phi) is 9.77.